The minimum Gasteiger partial charge on any atom is -0.316 e. The number of likely N-dealkylation sites (N-methyl/N-ethyl adjacent to an activating group) is 1. The van der Waals surface area contributed by atoms with Crippen LogP contribution in [0.1, 0.15) is 22.0 Å². The molecule has 0 bridgehead atoms. The summed E-state index contributed by atoms with van der Waals surface area (Å²) in [6.07, 6.45) is 3.84. The Bertz CT molecular complexity index is 501. The van der Waals surface area contributed by atoms with Gasteiger partial charge in [-0.05, 0) is 32.9 Å². The summed E-state index contributed by atoms with van der Waals surface area (Å²) in [7, 11) is 4.01. The van der Waals surface area contributed by atoms with E-state index in [2.05, 4.69) is 29.2 Å². The van der Waals surface area contributed by atoms with Gasteiger partial charge in [0.15, 0.2) is 0 Å². The molecule has 1 atom stereocenters. The molecular weight excluding hydrogens is 244 g/mol. The normalized spacial score (nSPS) is 12.9. The van der Waals surface area contributed by atoms with Crippen molar-refractivity contribution < 1.29 is 0 Å². The van der Waals surface area contributed by atoms with Crippen molar-refractivity contribution >= 4 is 11.3 Å². The van der Waals surface area contributed by atoms with Gasteiger partial charge >= 0.3 is 0 Å². The first-order chi connectivity index (χ1) is 8.61. The van der Waals surface area contributed by atoms with Gasteiger partial charge in [0.1, 0.15) is 0 Å². The van der Waals surface area contributed by atoms with Crippen LogP contribution in [0.2, 0.25) is 0 Å². The maximum absolute atomic E-state index is 4.47. The van der Waals surface area contributed by atoms with Crippen molar-refractivity contribution in [1.82, 2.24) is 20.1 Å². The molecule has 0 amide bonds. The Morgan fingerprint density at radius 3 is 2.67 bits per heavy atom. The Balaban J connectivity index is 2.10. The van der Waals surface area contributed by atoms with E-state index >= 15 is 0 Å². The van der Waals surface area contributed by atoms with Crippen LogP contribution in [0.4, 0.5) is 0 Å². The quantitative estimate of drug-likeness (QED) is 0.896. The van der Waals surface area contributed by atoms with Crippen LogP contribution < -0.4 is 5.32 Å². The average Bonchev–Trinajstić information content (AvgIpc) is 2.92. The Morgan fingerprint density at radius 1 is 1.39 bits per heavy atom. The first-order valence-electron chi connectivity index (χ1n) is 6.16. The highest BCUT2D eigenvalue weighted by molar-refractivity contribution is 7.09. The molecule has 1 N–H and O–H groups in total. The van der Waals surface area contributed by atoms with Crippen molar-refractivity contribution in [2.24, 2.45) is 7.05 Å². The van der Waals surface area contributed by atoms with Crippen LogP contribution in [-0.4, -0.2) is 27.9 Å². The molecule has 0 aliphatic carbocycles. The van der Waals surface area contributed by atoms with E-state index in [4.69, 9.17) is 0 Å². The molecule has 18 heavy (non-hydrogen) atoms. The number of rotatable bonds is 5. The zero-order valence-corrected chi connectivity index (χ0v) is 12.2. The highest BCUT2D eigenvalue weighted by Crippen LogP contribution is 2.16. The van der Waals surface area contributed by atoms with E-state index in [0.717, 1.165) is 18.5 Å². The second kappa shape index (κ2) is 5.63. The van der Waals surface area contributed by atoms with Gasteiger partial charge in [-0.3, -0.25) is 4.68 Å². The van der Waals surface area contributed by atoms with Crippen molar-refractivity contribution in [2.75, 3.05) is 7.05 Å². The second-order valence-electron chi connectivity index (χ2n) is 4.59. The molecule has 2 heterocycles. The third kappa shape index (κ3) is 2.79. The predicted molar refractivity (Wildman–Crippen MR) is 75.1 cm³/mol. The number of thiazole rings is 1. The number of nitrogens with one attached hydrogen (secondary N) is 1. The summed E-state index contributed by atoms with van der Waals surface area (Å²) in [5, 5.41) is 11.1. The van der Waals surface area contributed by atoms with Crippen LogP contribution in [0.5, 0.6) is 0 Å². The number of aromatic nitrogens is 3. The lowest BCUT2D eigenvalue weighted by atomic mass is 10.0. The zero-order chi connectivity index (χ0) is 13.1. The first kappa shape index (κ1) is 13.2. The molecule has 2 rings (SSSR count). The summed E-state index contributed by atoms with van der Waals surface area (Å²) in [6.45, 7) is 4.21. The Hall–Kier alpha value is -1.20. The Kier molecular flexibility index (Phi) is 4.14. The number of nitrogens with zero attached hydrogens (tertiary/aromatic N) is 3. The maximum atomic E-state index is 4.47. The van der Waals surface area contributed by atoms with Crippen molar-refractivity contribution in [1.29, 1.82) is 0 Å². The summed E-state index contributed by atoms with van der Waals surface area (Å²) in [5.74, 6) is 0. The van der Waals surface area contributed by atoms with E-state index in [9.17, 15) is 0 Å². The lowest BCUT2D eigenvalue weighted by molar-refractivity contribution is 0.552. The standard InChI is InChI=1S/C13H20N4S/c1-9-12(10(2)17(4)16-9)7-11(14-3)8-13-15-5-6-18-13/h5-6,11,14H,7-8H2,1-4H3. The van der Waals surface area contributed by atoms with Gasteiger partial charge < -0.3 is 5.32 Å². The van der Waals surface area contributed by atoms with Gasteiger partial charge in [0, 0.05) is 36.8 Å². The molecule has 2 aromatic rings. The minimum atomic E-state index is 0.415. The molecule has 0 spiro atoms. The third-order valence-corrected chi connectivity index (χ3v) is 4.22. The van der Waals surface area contributed by atoms with Crippen LogP contribution >= 0.6 is 11.3 Å². The zero-order valence-electron chi connectivity index (χ0n) is 11.4. The molecule has 4 nitrogen and oxygen atoms in total. The van der Waals surface area contributed by atoms with Crippen LogP contribution in [0, 0.1) is 13.8 Å². The van der Waals surface area contributed by atoms with Gasteiger partial charge in [-0.2, -0.15) is 5.10 Å². The number of hydrogen-bond acceptors (Lipinski definition) is 4. The van der Waals surface area contributed by atoms with Crippen molar-refractivity contribution in [3.63, 3.8) is 0 Å². The summed E-state index contributed by atoms with van der Waals surface area (Å²) < 4.78 is 1.96. The second-order valence-corrected chi connectivity index (χ2v) is 5.57. The SMILES string of the molecule is CNC(Cc1nccs1)Cc1c(C)nn(C)c1C. The predicted octanol–water partition coefficient (Wildman–Crippen LogP) is 1.87. The van der Waals surface area contributed by atoms with Crippen molar-refractivity contribution in [2.45, 2.75) is 32.7 Å². The molecular formula is C13H20N4S. The van der Waals surface area contributed by atoms with Crippen LogP contribution in [0.3, 0.4) is 0 Å². The molecule has 1 unspecified atom stereocenters. The van der Waals surface area contributed by atoms with Crippen LogP contribution in [0.15, 0.2) is 11.6 Å². The summed E-state index contributed by atoms with van der Waals surface area (Å²) in [5.41, 5.74) is 3.75. The number of hydrogen-bond donors (Lipinski definition) is 1. The van der Waals surface area contributed by atoms with E-state index in [1.807, 2.05) is 30.4 Å². The molecule has 5 heteroatoms. The minimum absolute atomic E-state index is 0.415. The van der Waals surface area contributed by atoms with E-state index in [0.29, 0.717) is 6.04 Å². The Labute approximate surface area is 112 Å². The Morgan fingerprint density at radius 2 is 2.17 bits per heavy atom. The van der Waals surface area contributed by atoms with Gasteiger partial charge in [0.25, 0.3) is 0 Å². The largest absolute Gasteiger partial charge is 0.316 e. The average molecular weight is 264 g/mol. The lowest BCUT2D eigenvalue weighted by Crippen LogP contribution is -2.30. The fraction of sp³-hybridized carbons (Fsp3) is 0.538. The van der Waals surface area contributed by atoms with Crippen molar-refractivity contribution in [3.8, 4) is 0 Å². The maximum Gasteiger partial charge on any atom is 0.0940 e. The van der Waals surface area contributed by atoms with Gasteiger partial charge in [-0.25, -0.2) is 4.98 Å². The summed E-state index contributed by atoms with van der Waals surface area (Å²) >= 11 is 1.72. The van der Waals surface area contributed by atoms with Crippen LogP contribution in [0.25, 0.3) is 0 Å². The van der Waals surface area contributed by atoms with Crippen molar-refractivity contribution in [3.05, 3.63) is 33.5 Å². The number of aryl methyl sites for hydroxylation is 2. The van der Waals surface area contributed by atoms with Gasteiger partial charge in [0.2, 0.25) is 0 Å². The molecule has 98 valence electrons. The highest BCUT2D eigenvalue weighted by Gasteiger charge is 2.16. The fourth-order valence-electron chi connectivity index (χ4n) is 2.20. The monoisotopic (exact) mass is 264 g/mol. The van der Waals surface area contributed by atoms with Gasteiger partial charge in [-0.1, -0.05) is 0 Å². The van der Waals surface area contributed by atoms with Gasteiger partial charge in [-0.15, -0.1) is 11.3 Å². The molecule has 0 fully saturated rings. The first-order valence-corrected chi connectivity index (χ1v) is 7.04. The topological polar surface area (TPSA) is 42.7 Å². The highest BCUT2D eigenvalue weighted by atomic mass is 32.1. The molecule has 0 saturated heterocycles. The molecule has 0 radical (unpaired) electrons. The molecule has 0 aromatic carbocycles. The van der Waals surface area contributed by atoms with Crippen LogP contribution in [-0.2, 0) is 19.9 Å². The molecule has 0 aliphatic heterocycles. The summed E-state index contributed by atoms with van der Waals surface area (Å²) in [4.78, 5) is 4.35. The molecule has 0 saturated carbocycles. The van der Waals surface area contributed by atoms with E-state index < -0.39 is 0 Å². The third-order valence-electron chi connectivity index (χ3n) is 3.42. The molecule has 0 aliphatic rings. The molecule has 2 aromatic heterocycles. The summed E-state index contributed by atoms with van der Waals surface area (Å²) in [6, 6.07) is 0.415. The van der Waals surface area contributed by atoms with E-state index in [1.54, 1.807) is 11.3 Å². The lowest BCUT2D eigenvalue weighted by Gasteiger charge is -2.15. The van der Waals surface area contributed by atoms with Gasteiger partial charge in [0.05, 0.1) is 10.7 Å². The fourth-order valence-corrected chi connectivity index (χ4v) is 2.90. The van der Waals surface area contributed by atoms with E-state index in [-0.39, 0.29) is 0 Å². The van der Waals surface area contributed by atoms with E-state index in [1.165, 1.54) is 16.3 Å². The smallest absolute Gasteiger partial charge is 0.0940 e.